The molecule has 0 saturated heterocycles. The molecule has 3 rings (SSSR count). The van der Waals surface area contributed by atoms with E-state index in [4.69, 9.17) is 23.2 Å². The number of hydrogen-bond acceptors (Lipinski definition) is 3. The zero-order valence-electron chi connectivity index (χ0n) is 10.9. The Morgan fingerprint density at radius 2 is 1.81 bits per heavy atom. The summed E-state index contributed by atoms with van der Waals surface area (Å²) in [7, 11) is 0. The van der Waals surface area contributed by atoms with Crippen LogP contribution < -0.4 is 0 Å². The van der Waals surface area contributed by atoms with Crippen molar-refractivity contribution >= 4 is 35.0 Å². The third kappa shape index (κ3) is 3.59. The first-order valence-corrected chi connectivity index (χ1v) is 8.01. The van der Waals surface area contributed by atoms with Gasteiger partial charge in [0.1, 0.15) is 0 Å². The minimum Gasteiger partial charge on any atom is -0.258 e. The number of nitrogens with one attached hydrogen (secondary N) is 1. The predicted molar refractivity (Wildman–Crippen MR) is 87.8 cm³/mol. The summed E-state index contributed by atoms with van der Waals surface area (Å²) in [6, 6.07) is 15.5. The van der Waals surface area contributed by atoms with Gasteiger partial charge in [-0.05, 0) is 17.7 Å². The van der Waals surface area contributed by atoms with E-state index in [1.54, 1.807) is 17.8 Å². The molecule has 2 aromatic carbocycles. The lowest BCUT2D eigenvalue weighted by molar-refractivity contribution is 0.973. The number of benzene rings is 2. The number of aromatic amines is 1. The summed E-state index contributed by atoms with van der Waals surface area (Å²) in [6.45, 7) is 0. The lowest BCUT2D eigenvalue weighted by Crippen LogP contribution is -1.83. The lowest BCUT2D eigenvalue weighted by atomic mass is 10.2. The van der Waals surface area contributed by atoms with Crippen molar-refractivity contribution < 1.29 is 0 Å². The van der Waals surface area contributed by atoms with Crippen LogP contribution in [0, 0.1) is 0 Å². The molecule has 3 aromatic rings. The Hall–Kier alpha value is -1.49. The van der Waals surface area contributed by atoms with Crippen molar-refractivity contribution in [2.24, 2.45) is 0 Å². The first-order valence-electron chi connectivity index (χ1n) is 6.27. The first-order chi connectivity index (χ1) is 10.2. The molecule has 1 heterocycles. The monoisotopic (exact) mass is 335 g/mol. The van der Waals surface area contributed by atoms with Crippen molar-refractivity contribution in [3.05, 3.63) is 64.1 Å². The van der Waals surface area contributed by atoms with Crippen molar-refractivity contribution in [2.75, 3.05) is 0 Å². The molecular formula is C15H11Cl2N3S. The molecule has 21 heavy (non-hydrogen) atoms. The van der Waals surface area contributed by atoms with Crippen LogP contribution in [0.3, 0.4) is 0 Å². The zero-order chi connectivity index (χ0) is 14.7. The van der Waals surface area contributed by atoms with Crippen LogP contribution in [0.5, 0.6) is 0 Å². The van der Waals surface area contributed by atoms with Crippen LogP contribution in [0.15, 0.2) is 53.7 Å². The summed E-state index contributed by atoms with van der Waals surface area (Å²) in [5.74, 6) is 1.51. The largest absolute Gasteiger partial charge is 0.258 e. The van der Waals surface area contributed by atoms with E-state index in [0.717, 1.165) is 22.7 Å². The second kappa shape index (κ2) is 6.52. The molecule has 0 saturated carbocycles. The van der Waals surface area contributed by atoms with Gasteiger partial charge in [-0.25, -0.2) is 4.98 Å². The Kier molecular flexibility index (Phi) is 4.48. The van der Waals surface area contributed by atoms with Crippen LogP contribution in [0.2, 0.25) is 10.0 Å². The maximum Gasteiger partial charge on any atom is 0.209 e. The van der Waals surface area contributed by atoms with E-state index in [1.165, 1.54) is 0 Å². The molecule has 0 atom stereocenters. The highest BCUT2D eigenvalue weighted by Gasteiger charge is 2.07. The van der Waals surface area contributed by atoms with Gasteiger partial charge in [0, 0.05) is 11.3 Å². The van der Waals surface area contributed by atoms with Gasteiger partial charge in [0.05, 0.1) is 10.0 Å². The molecule has 0 amide bonds. The molecule has 0 unspecified atom stereocenters. The van der Waals surface area contributed by atoms with E-state index in [1.807, 2.05) is 42.5 Å². The first kappa shape index (κ1) is 14.4. The molecule has 0 aliphatic rings. The number of hydrogen-bond donors (Lipinski definition) is 1. The maximum atomic E-state index is 6.00. The average molecular weight is 336 g/mol. The molecule has 106 valence electrons. The molecule has 0 fully saturated rings. The van der Waals surface area contributed by atoms with Gasteiger partial charge in [0.2, 0.25) is 5.16 Å². The number of halogens is 2. The molecular weight excluding hydrogens is 325 g/mol. The summed E-state index contributed by atoms with van der Waals surface area (Å²) in [5.41, 5.74) is 2.10. The van der Waals surface area contributed by atoms with Crippen molar-refractivity contribution in [3.8, 4) is 11.4 Å². The minimum absolute atomic E-state index is 0.565. The third-order valence-corrected chi connectivity index (χ3v) is 4.52. The Morgan fingerprint density at radius 3 is 2.57 bits per heavy atom. The van der Waals surface area contributed by atoms with E-state index in [0.29, 0.717) is 15.2 Å². The Bertz CT molecular complexity index is 744. The fourth-order valence-corrected chi connectivity index (χ4v) is 2.88. The quantitative estimate of drug-likeness (QED) is 0.676. The second-order valence-electron chi connectivity index (χ2n) is 4.37. The molecule has 0 radical (unpaired) electrons. The van der Waals surface area contributed by atoms with Crippen LogP contribution in [-0.4, -0.2) is 15.2 Å². The van der Waals surface area contributed by atoms with Crippen molar-refractivity contribution in [2.45, 2.75) is 10.9 Å². The zero-order valence-corrected chi connectivity index (χ0v) is 13.2. The molecule has 1 aromatic heterocycles. The number of rotatable bonds is 4. The van der Waals surface area contributed by atoms with Crippen molar-refractivity contribution in [1.82, 2.24) is 15.2 Å². The van der Waals surface area contributed by atoms with Crippen LogP contribution in [0.4, 0.5) is 0 Å². The highest BCUT2D eigenvalue weighted by Crippen LogP contribution is 2.27. The molecule has 0 bridgehead atoms. The van der Waals surface area contributed by atoms with Gasteiger partial charge in [0.25, 0.3) is 0 Å². The maximum absolute atomic E-state index is 6.00. The number of thioether (sulfide) groups is 1. The van der Waals surface area contributed by atoms with E-state index in [2.05, 4.69) is 15.2 Å². The molecule has 0 spiro atoms. The van der Waals surface area contributed by atoms with Gasteiger partial charge < -0.3 is 0 Å². The lowest BCUT2D eigenvalue weighted by Gasteiger charge is -2.01. The van der Waals surface area contributed by atoms with Gasteiger partial charge in [-0.1, -0.05) is 71.4 Å². The number of H-pyrrole nitrogens is 1. The summed E-state index contributed by atoms with van der Waals surface area (Å²) >= 11 is 13.5. The highest BCUT2D eigenvalue weighted by molar-refractivity contribution is 7.98. The van der Waals surface area contributed by atoms with Crippen LogP contribution >= 0.6 is 35.0 Å². The van der Waals surface area contributed by atoms with E-state index >= 15 is 0 Å². The highest BCUT2D eigenvalue weighted by atomic mass is 35.5. The van der Waals surface area contributed by atoms with Crippen molar-refractivity contribution in [1.29, 1.82) is 0 Å². The van der Waals surface area contributed by atoms with Gasteiger partial charge in [0.15, 0.2) is 5.82 Å². The topological polar surface area (TPSA) is 41.6 Å². The van der Waals surface area contributed by atoms with Crippen LogP contribution in [0.1, 0.15) is 5.56 Å². The minimum atomic E-state index is 0.565. The van der Waals surface area contributed by atoms with Gasteiger partial charge >= 0.3 is 0 Å². The fourth-order valence-electron chi connectivity index (χ4n) is 1.81. The van der Waals surface area contributed by atoms with E-state index in [-0.39, 0.29) is 0 Å². The van der Waals surface area contributed by atoms with E-state index < -0.39 is 0 Å². The normalized spacial score (nSPS) is 10.8. The Labute approximate surface area is 136 Å². The van der Waals surface area contributed by atoms with E-state index in [9.17, 15) is 0 Å². The summed E-state index contributed by atoms with van der Waals surface area (Å²) in [4.78, 5) is 4.47. The third-order valence-electron chi connectivity index (χ3n) is 2.86. The predicted octanol–water partition coefficient (Wildman–Crippen LogP) is 5.07. The summed E-state index contributed by atoms with van der Waals surface area (Å²) in [6.07, 6.45) is 0. The van der Waals surface area contributed by atoms with Crippen molar-refractivity contribution in [3.63, 3.8) is 0 Å². The molecule has 6 heteroatoms. The standard InChI is InChI=1S/C15H11Cl2N3S/c16-12-7-6-10(8-13(12)17)9-21-15-18-14(19-20-15)11-4-2-1-3-5-11/h1-8H,9H2,(H,18,19,20). The molecule has 0 aliphatic carbocycles. The Morgan fingerprint density at radius 1 is 1.00 bits per heavy atom. The van der Waals surface area contributed by atoms with Crippen LogP contribution in [-0.2, 0) is 5.75 Å². The SMILES string of the molecule is Clc1ccc(CSc2n[nH]c(-c3ccccc3)n2)cc1Cl. The van der Waals surface area contributed by atoms with Gasteiger partial charge in [-0.15, -0.1) is 5.10 Å². The summed E-state index contributed by atoms with van der Waals surface area (Å²) in [5, 5.41) is 9.00. The fraction of sp³-hybridized carbons (Fsp3) is 0.0667. The van der Waals surface area contributed by atoms with Crippen LogP contribution in [0.25, 0.3) is 11.4 Å². The van der Waals surface area contributed by atoms with Gasteiger partial charge in [-0.2, -0.15) is 0 Å². The molecule has 3 nitrogen and oxygen atoms in total. The van der Waals surface area contributed by atoms with Gasteiger partial charge in [-0.3, -0.25) is 5.10 Å². The molecule has 1 N–H and O–H groups in total. The number of aromatic nitrogens is 3. The molecule has 0 aliphatic heterocycles. The Balaban J connectivity index is 1.69. The average Bonchev–Trinajstić information content (AvgIpc) is 2.98. The second-order valence-corrected chi connectivity index (χ2v) is 6.13. The number of nitrogens with zero attached hydrogens (tertiary/aromatic N) is 2. The summed E-state index contributed by atoms with van der Waals surface area (Å²) < 4.78 is 0. The smallest absolute Gasteiger partial charge is 0.209 e.